The zero-order chi connectivity index (χ0) is 27.1. The summed E-state index contributed by atoms with van der Waals surface area (Å²) in [6, 6.07) is 18.6. The van der Waals surface area contributed by atoms with Crippen LogP contribution in [-0.2, 0) is 19.0 Å². The Labute approximate surface area is 224 Å². The maximum atomic E-state index is 14.0. The average molecular weight is 520 g/mol. The van der Waals surface area contributed by atoms with E-state index in [1.807, 2.05) is 42.5 Å². The lowest BCUT2D eigenvalue weighted by Gasteiger charge is -2.36. The van der Waals surface area contributed by atoms with Crippen molar-refractivity contribution in [3.63, 3.8) is 0 Å². The summed E-state index contributed by atoms with van der Waals surface area (Å²) in [5.41, 5.74) is 0.713. The van der Waals surface area contributed by atoms with Crippen molar-refractivity contribution in [3.8, 4) is 11.5 Å². The quantitative estimate of drug-likeness (QED) is 0.295. The summed E-state index contributed by atoms with van der Waals surface area (Å²) in [5.74, 6) is 1.06. The first-order valence-corrected chi connectivity index (χ1v) is 13.2. The van der Waals surface area contributed by atoms with Gasteiger partial charge in [-0.3, -0.25) is 4.79 Å². The Bertz CT molecular complexity index is 1240. The SMILES string of the molecule is COCC(COC)N(C(=O)C1CCC(C)CC1)c1ccc(Oc2cccc3ccccc23)cc1C(=O)OC. The fourth-order valence-corrected chi connectivity index (χ4v) is 5.25. The Morgan fingerprint density at radius 1 is 0.895 bits per heavy atom. The number of rotatable bonds is 10. The van der Waals surface area contributed by atoms with Crippen LogP contribution in [0.4, 0.5) is 5.69 Å². The van der Waals surface area contributed by atoms with Crippen LogP contribution in [0, 0.1) is 11.8 Å². The predicted molar refractivity (Wildman–Crippen MR) is 148 cm³/mol. The smallest absolute Gasteiger partial charge is 0.340 e. The number of carbonyl (C=O) groups excluding carboxylic acids is 2. The van der Waals surface area contributed by atoms with E-state index < -0.39 is 12.0 Å². The van der Waals surface area contributed by atoms with E-state index in [1.54, 1.807) is 37.3 Å². The lowest BCUT2D eigenvalue weighted by atomic mass is 9.82. The molecule has 38 heavy (non-hydrogen) atoms. The molecule has 0 bridgehead atoms. The monoisotopic (exact) mass is 519 g/mol. The van der Waals surface area contributed by atoms with Gasteiger partial charge in [0.25, 0.3) is 0 Å². The van der Waals surface area contributed by atoms with E-state index in [-0.39, 0.29) is 30.6 Å². The van der Waals surface area contributed by atoms with Gasteiger partial charge in [-0.1, -0.05) is 43.3 Å². The van der Waals surface area contributed by atoms with Gasteiger partial charge in [0.15, 0.2) is 0 Å². The van der Waals surface area contributed by atoms with E-state index in [2.05, 4.69) is 6.92 Å². The Balaban J connectivity index is 1.75. The Kier molecular flexibility index (Phi) is 9.37. The highest BCUT2D eigenvalue weighted by Crippen LogP contribution is 2.36. The average Bonchev–Trinajstić information content (AvgIpc) is 2.94. The molecule has 0 radical (unpaired) electrons. The molecule has 202 valence electrons. The first kappa shape index (κ1) is 27.6. The van der Waals surface area contributed by atoms with Crippen LogP contribution in [0.25, 0.3) is 10.8 Å². The van der Waals surface area contributed by atoms with Crippen molar-refractivity contribution in [2.24, 2.45) is 11.8 Å². The Hall–Kier alpha value is -3.42. The molecule has 0 heterocycles. The van der Waals surface area contributed by atoms with Crippen molar-refractivity contribution in [1.82, 2.24) is 0 Å². The molecule has 1 aliphatic carbocycles. The fraction of sp³-hybridized carbons (Fsp3) is 0.419. The molecular formula is C31H37NO6. The number of nitrogens with zero attached hydrogens (tertiary/aromatic N) is 1. The number of methoxy groups -OCH3 is 3. The normalized spacial score (nSPS) is 17.4. The summed E-state index contributed by atoms with van der Waals surface area (Å²) in [6.45, 7) is 2.75. The van der Waals surface area contributed by atoms with Crippen molar-refractivity contribution in [2.45, 2.75) is 38.6 Å². The molecule has 1 aliphatic rings. The van der Waals surface area contributed by atoms with E-state index in [0.717, 1.165) is 36.5 Å². The second kappa shape index (κ2) is 12.9. The number of esters is 1. The van der Waals surface area contributed by atoms with Crippen LogP contribution in [-0.4, -0.2) is 52.5 Å². The number of benzene rings is 3. The molecule has 0 atom stereocenters. The highest BCUT2D eigenvalue weighted by Gasteiger charge is 2.35. The van der Waals surface area contributed by atoms with E-state index in [4.69, 9.17) is 18.9 Å². The van der Waals surface area contributed by atoms with E-state index >= 15 is 0 Å². The van der Waals surface area contributed by atoms with Gasteiger partial charge in [0, 0.05) is 25.5 Å². The molecule has 4 rings (SSSR count). The minimum absolute atomic E-state index is 0.0242. The highest BCUT2D eigenvalue weighted by atomic mass is 16.5. The van der Waals surface area contributed by atoms with Crippen LogP contribution in [0.15, 0.2) is 60.7 Å². The number of carbonyl (C=O) groups is 2. The van der Waals surface area contributed by atoms with Crippen molar-refractivity contribution >= 4 is 28.3 Å². The standard InChI is InChI=1S/C31H37NO6/c1-21-12-14-23(15-13-21)30(33)32(24(19-35-2)20-36-3)28-17-16-25(18-27(28)31(34)37-4)38-29-11-7-9-22-8-5-6-10-26(22)29/h5-11,16-18,21,23-24H,12-15,19-20H2,1-4H3. The van der Waals surface area contributed by atoms with E-state index in [0.29, 0.717) is 23.1 Å². The van der Waals surface area contributed by atoms with Gasteiger partial charge in [-0.05, 0) is 61.3 Å². The molecule has 1 amide bonds. The largest absolute Gasteiger partial charge is 0.465 e. The molecule has 0 unspecified atom stereocenters. The molecule has 7 heteroatoms. The molecular weight excluding hydrogens is 482 g/mol. The van der Waals surface area contributed by atoms with Crippen molar-refractivity contribution in [1.29, 1.82) is 0 Å². The van der Waals surface area contributed by atoms with Gasteiger partial charge >= 0.3 is 5.97 Å². The molecule has 0 aliphatic heterocycles. The topological polar surface area (TPSA) is 74.3 Å². The van der Waals surface area contributed by atoms with Crippen LogP contribution >= 0.6 is 0 Å². The van der Waals surface area contributed by atoms with Gasteiger partial charge in [-0.25, -0.2) is 4.79 Å². The molecule has 3 aromatic carbocycles. The minimum Gasteiger partial charge on any atom is -0.465 e. The first-order chi connectivity index (χ1) is 18.5. The van der Waals surface area contributed by atoms with Crippen molar-refractivity contribution < 1.29 is 28.5 Å². The van der Waals surface area contributed by atoms with Crippen LogP contribution in [0.5, 0.6) is 11.5 Å². The highest BCUT2D eigenvalue weighted by molar-refractivity contribution is 6.04. The third-order valence-corrected chi connectivity index (χ3v) is 7.30. The van der Waals surface area contributed by atoms with Crippen molar-refractivity contribution in [2.75, 3.05) is 39.4 Å². The summed E-state index contributed by atoms with van der Waals surface area (Å²) >= 11 is 0. The van der Waals surface area contributed by atoms with Crippen LogP contribution in [0.3, 0.4) is 0 Å². The van der Waals surface area contributed by atoms with Crippen LogP contribution in [0.1, 0.15) is 43.0 Å². The lowest BCUT2D eigenvalue weighted by molar-refractivity contribution is -0.124. The summed E-state index contributed by atoms with van der Waals surface area (Å²) < 4.78 is 22.3. The number of hydrogen-bond acceptors (Lipinski definition) is 6. The summed E-state index contributed by atoms with van der Waals surface area (Å²) in [4.78, 5) is 28.8. The maximum absolute atomic E-state index is 14.0. The van der Waals surface area contributed by atoms with Gasteiger partial charge in [0.1, 0.15) is 11.5 Å². The number of hydrogen-bond donors (Lipinski definition) is 0. The Morgan fingerprint density at radius 2 is 1.58 bits per heavy atom. The summed E-state index contributed by atoms with van der Waals surface area (Å²) in [5, 5.41) is 2.01. The predicted octanol–water partition coefficient (Wildman–Crippen LogP) is 6.24. The maximum Gasteiger partial charge on any atom is 0.340 e. The van der Waals surface area contributed by atoms with E-state index in [1.165, 1.54) is 7.11 Å². The molecule has 0 saturated heterocycles. The second-order valence-corrected chi connectivity index (χ2v) is 9.98. The van der Waals surface area contributed by atoms with Gasteiger partial charge < -0.3 is 23.8 Å². The second-order valence-electron chi connectivity index (χ2n) is 9.98. The minimum atomic E-state index is -0.549. The van der Waals surface area contributed by atoms with Gasteiger partial charge in [-0.2, -0.15) is 0 Å². The number of fused-ring (bicyclic) bond motifs is 1. The molecule has 1 saturated carbocycles. The zero-order valence-electron chi connectivity index (χ0n) is 22.6. The van der Waals surface area contributed by atoms with Crippen LogP contribution < -0.4 is 9.64 Å². The molecule has 0 aromatic heterocycles. The summed E-state index contributed by atoms with van der Waals surface area (Å²) in [6.07, 6.45) is 3.65. The molecule has 7 nitrogen and oxygen atoms in total. The van der Waals surface area contributed by atoms with Crippen LogP contribution in [0.2, 0.25) is 0 Å². The molecule has 0 N–H and O–H groups in total. The molecule has 1 fully saturated rings. The third-order valence-electron chi connectivity index (χ3n) is 7.30. The molecule has 3 aromatic rings. The molecule has 0 spiro atoms. The zero-order valence-corrected chi connectivity index (χ0v) is 22.6. The number of ether oxygens (including phenoxy) is 4. The van der Waals surface area contributed by atoms with Crippen molar-refractivity contribution in [3.05, 3.63) is 66.2 Å². The van der Waals surface area contributed by atoms with E-state index in [9.17, 15) is 9.59 Å². The number of amides is 1. The summed E-state index contributed by atoms with van der Waals surface area (Å²) in [7, 11) is 4.52. The van der Waals surface area contributed by atoms with Gasteiger partial charge in [0.05, 0.1) is 37.6 Å². The van der Waals surface area contributed by atoms with Gasteiger partial charge in [-0.15, -0.1) is 0 Å². The number of anilines is 1. The Morgan fingerprint density at radius 3 is 2.26 bits per heavy atom. The third kappa shape index (κ3) is 6.17. The van der Waals surface area contributed by atoms with Gasteiger partial charge in [0.2, 0.25) is 5.91 Å². The first-order valence-electron chi connectivity index (χ1n) is 13.2. The lowest BCUT2D eigenvalue weighted by Crippen LogP contribution is -2.49. The fourth-order valence-electron chi connectivity index (χ4n) is 5.25.